The van der Waals surface area contributed by atoms with Gasteiger partial charge < -0.3 is 20.4 Å². The quantitative estimate of drug-likeness (QED) is 0.309. The molecule has 1 aliphatic rings. The molecule has 2 amide bonds. The number of nitrogens with zero attached hydrogens (tertiary/aromatic N) is 3. The van der Waals surface area contributed by atoms with Gasteiger partial charge in [0.2, 0.25) is 0 Å². The Hall–Kier alpha value is -4.40. The van der Waals surface area contributed by atoms with Gasteiger partial charge in [0.15, 0.2) is 0 Å². The molecule has 0 fully saturated rings. The Morgan fingerprint density at radius 1 is 1.00 bits per heavy atom. The SMILES string of the molecule is CN(C)c1ccc([C@H](CNC(=O)C(=O)Nc2ccc([N+](=O)[O-])cc2)N2CCc3ccccc32)cc1. The van der Waals surface area contributed by atoms with Gasteiger partial charge in [-0.1, -0.05) is 30.3 Å². The summed E-state index contributed by atoms with van der Waals surface area (Å²) < 4.78 is 0. The number of carbonyl (C=O) groups excluding carboxylic acids is 2. The summed E-state index contributed by atoms with van der Waals surface area (Å²) in [4.78, 5) is 39.6. The molecular formula is C26H27N5O4. The maximum Gasteiger partial charge on any atom is 0.313 e. The van der Waals surface area contributed by atoms with Crippen LogP contribution in [0, 0.1) is 10.1 Å². The van der Waals surface area contributed by atoms with E-state index < -0.39 is 16.7 Å². The van der Waals surface area contributed by atoms with Crippen LogP contribution in [0.15, 0.2) is 72.8 Å². The van der Waals surface area contributed by atoms with Gasteiger partial charge in [-0.05, 0) is 47.9 Å². The van der Waals surface area contributed by atoms with Crippen molar-refractivity contribution in [2.24, 2.45) is 0 Å². The summed E-state index contributed by atoms with van der Waals surface area (Å²) in [6, 6.07) is 21.5. The summed E-state index contributed by atoms with van der Waals surface area (Å²) in [6.07, 6.45) is 0.914. The summed E-state index contributed by atoms with van der Waals surface area (Å²) in [5.74, 6) is -1.60. The molecular weight excluding hydrogens is 446 g/mol. The van der Waals surface area contributed by atoms with E-state index in [-0.39, 0.29) is 18.3 Å². The van der Waals surface area contributed by atoms with Crippen LogP contribution in [0.3, 0.4) is 0 Å². The molecule has 1 aliphatic heterocycles. The lowest BCUT2D eigenvalue weighted by Crippen LogP contribution is -2.41. The third-order valence-electron chi connectivity index (χ3n) is 6.09. The lowest BCUT2D eigenvalue weighted by molar-refractivity contribution is -0.384. The standard InChI is InChI=1S/C26H27N5O4/c1-29(2)21-11-7-19(8-12-21)24(30-16-15-18-5-3-4-6-23(18)30)17-27-25(32)26(33)28-20-9-13-22(14-10-20)31(34)35/h3-14,24H,15-17H2,1-2H3,(H,27,32)(H,28,33)/t24-/m0/s1. The number of fused-ring (bicyclic) bond motifs is 1. The Labute approximate surface area is 203 Å². The van der Waals surface area contributed by atoms with Crippen LogP contribution in [-0.2, 0) is 16.0 Å². The number of para-hydroxylation sites is 1. The second kappa shape index (κ2) is 10.3. The van der Waals surface area contributed by atoms with Crippen molar-refractivity contribution in [2.45, 2.75) is 12.5 Å². The molecule has 0 unspecified atom stereocenters. The number of nitrogens with one attached hydrogen (secondary N) is 2. The molecule has 0 saturated heterocycles. The van der Waals surface area contributed by atoms with E-state index in [0.717, 1.165) is 29.9 Å². The molecule has 9 nitrogen and oxygen atoms in total. The lowest BCUT2D eigenvalue weighted by Gasteiger charge is -2.31. The highest BCUT2D eigenvalue weighted by atomic mass is 16.6. The van der Waals surface area contributed by atoms with E-state index in [2.05, 4.69) is 27.7 Å². The Morgan fingerprint density at radius 2 is 1.69 bits per heavy atom. The average Bonchev–Trinajstić information content (AvgIpc) is 3.28. The van der Waals surface area contributed by atoms with Crippen LogP contribution in [0.1, 0.15) is 17.2 Å². The highest BCUT2D eigenvalue weighted by molar-refractivity contribution is 6.39. The number of non-ortho nitro benzene ring substituents is 1. The molecule has 4 rings (SSSR count). The fourth-order valence-corrected chi connectivity index (χ4v) is 4.21. The van der Waals surface area contributed by atoms with Gasteiger partial charge in [-0.2, -0.15) is 0 Å². The summed E-state index contributed by atoms with van der Waals surface area (Å²) >= 11 is 0. The van der Waals surface area contributed by atoms with Gasteiger partial charge >= 0.3 is 11.8 Å². The largest absolute Gasteiger partial charge is 0.378 e. The van der Waals surface area contributed by atoms with Crippen molar-refractivity contribution in [3.05, 3.63) is 94.0 Å². The van der Waals surface area contributed by atoms with Gasteiger partial charge in [0.1, 0.15) is 0 Å². The monoisotopic (exact) mass is 473 g/mol. The highest BCUT2D eigenvalue weighted by Gasteiger charge is 2.28. The molecule has 0 saturated carbocycles. The van der Waals surface area contributed by atoms with Crippen molar-refractivity contribution >= 4 is 34.6 Å². The summed E-state index contributed by atoms with van der Waals surface area (Å²) in [5.41, 5.74) is 4.69. The smallest absolute Gasteiger partial charge is 0.313 e. The minimum Gasteiger partial charge on any atom is -0.378 e. The number of hydrogen-bond donors (Lipinski definition) is 2. The maximum atomic E-state index is 12.6. The van der Waals surface area contributed by atoms with Gasteiger partial charge in [0.05, 0.1) is 11.0 Å². The van der Waals surface area contributed by atoms with Crippen LogP contribution in [0.25, 0.3) is 0 Å². The van der Waals surface area contributed by atoms with Crippen LogP contribution in [0.2, 0.25) is 0 Å². The first-order chi connectivity index (χ1) is 16.8. The predicted octanol–water partition coefficient (Wildman–Crippen LogP) is 3.52. The first-order valence-corrected chi connectivity index (χ1v) is 11.3. The second-order valence-electron chi connectivity index (χ2n) is 8.54. The van der Waals surface area contributed by atoms with Crippen LogP contribution < -0.4 is 20.4 Å². The summed E-state index contributed by atoms with van der Waals surface area (Å²) in [7, 11) is 3.96. The summed E-state index contributed by atoms with van der Waals surface area (Å²) in [5, 5.41) is 16.0. The normalized spacial score (nSPS) is 13.0. The molecule has 0 aromatic heterocycles. The minimum absolute atomic E-state index is 0.0959. The Morgan fingerprint density at radius 3 is 2.34 bits per heavy atom. The Kier molecular flexibility index (Phi) is 6.96. The highest BCUT2D eigenvalue weighted by Crippen LogP contribution is 2.35. The van der Waals surface area contributed by atoms with Gasteiger partial charge in [-0.25, -0.2) is 0 Å². The van der Waals surface area contributed by atoms with E-state index in [4.69, 9.17) is 0 Å². The van der Waals surface area contributed by atoms with Crippen molar-refractivity contribution in [3.8, 4) is 0 Å². The molecule has 0 spiro atoms. The van der Waals surface area contributed by atoms with E-state index in [9.17, 15) is 19.7 Å². The van der Waals surface area contributed by atoms with Crippen molar-refractivity contribution in [1.82, 2.24) is 5.32 Å². The third kappa shape index (κ3) is 5.40. The zero-order valence-electron chi connectivity index (χ0n) is 19.6. The Bertz CT molecular complexity index is 1230. The van der Waals surface area contributed by atoms with Crippen LogP contribution in [0.4, 0.5) is 22.7 Å². The fraction of sp³-hybridized carbons (Fsp3) is 0.231. The predicted molar refractivity (Wildman–Crippen MR) is 136 cm³/mol. The molecule has 1 heterocycles. The maximum absolute atomic E-state index is 12.6. The minimum atomic E-state index is -0.831. The molecule has 0 aliphatic carbocycles. The van der Waals surface area contributed by atoms with Crippen LogP contribution >= 0.6 is 0 Å². The molecule has 1 atom stereocenters. The number of amides is 2. The average molecular weight is 474 g/mol. The Balaban J connectivity index is 1.48. The van der Waals surface area contributed by atoms with Crippen molar-refractivity contribution in [2.75, 3.05) is 42.3 Å². The topological polar surface area (TPSA) is 108 Å². The van der Waals surface area contributed by atoms with Gasteiger partial charge in [0, 0.05) is 56.4 Å². The number of nitro groups is 1. The number of nitro benzene ring substituents is 1. The first-order valence-electron chi connectivity index (χ1n) is 11.3. The zero-order valence-corrected chi connectivity index (χ0v) is 19.6. The van der Waals surface area contributed by atoms with E-state index in [1.807, 2.05) is 55.4 Å². The molecule has 35 heavy (non-hydrogen) atoms. The molecule has 9 heteroatoms. The van der Waals surface area contributed by atoms with E-state index in [1.54, 1.807) is 0 Å². The number of hydrogen-bond acceptors (Lipinski definition) is 6. The van der Waals surface area contributed by atoms with Crippen molar-refractivity contribution in [3.63, 3.8) is 0 Å². The van der Waals surface area contributed by atoms with E-state index in [1.165, 1.54) is 29.8 Å². The molecule has 0 radical (unpaired) electrons. The van der Waals surface area contributed by atoms with Gasteiger partial charge in [-0.15, -0.1) is 0 Å². The van der Waals surface area contributed by atoms with E-state index >= 15 is 0 Å². The number of benzene rings is 3. The van der Waals surface area contributed by atoms with Gasteiger partial charge in [-0.3, -0.25) is 19.7 Å². The number of anilines is 3. The van der Waals surface area contributed by atoms with Crippen LogP contribution in [-0.4, -0.2) is 43.9 Å². The van der Waals surface area contributed by atoms with Crippen LogP contribution in [0.5, 0.6) is 0 Å². The molecule has 0 bridgehead atoms. The van der Waals surface area contributed by atoms with E-state index in [0.29, 0.717) is 5.69 Å². The van der Waals surface area contributed by atoms with Crippen molar-refractivity contribution < 1.29 is 14.5 Å². The fourth-order valence-electron chi connectivity index (χ4n) is 4.21. The molecule has 3 aromatic carbocycles. The second-order valence-corrected chi connectivity index (χ2v) is 8.54. The molecule has 3 aromatic rings. The zero-order chi connectivity index (χ0) is 24.9. The van der Waals surface area contributed by atoms with Gasteiger partial charge in [0.25, 0.3) is 5.69 Å². The van der Waals surface area contributed by atoms with Crippen molar-refractivity contribution in [1.29, 1.82) is 0 Å². The first kappa shape index (κ1) is 23.7. The third-order valence-corrected chi connectivity index (χ3v) is 6.09. The molecule has 2 N–H and O–H groups in total. The lowest BCUT2D eigenvalue weighted by atomic mass is 10.0. The molecule has 180 valence electrons. The number of rotatable bonds is 7. The number of carbonyl (C=O) groups is 2. The summed E-state index contributed by atoms with van der Waals surface area (Å²) in [6.45, 7) is 1.05.